The molecule has 20 heavy (non-hydrogen) atoms. The molecular formula is C14H19F2N3O. The van der Waals surface area contributed by atoms with Gasteiger partial charge in [-0.2, -0.15) is 0 Å². The lowest BCUT2D eigenvalue weighted by molar-refractivity contribution is -0.125. The molecule has 6 heteroatoms. The molecule has 0 saturated carbocycles. The van der Waals surface area contributed by atoms with Gasteiger partial charge in [-0.15, -0.1) is 0 Å². The van der Waals surface area contributed by atoms with Gasteiger partial charge in [0.05, 0.1) is 5.69 Å². The van der Waals surface area contributed by atoms with E-state index in [2.05, 4.69) is 16.5 Å². The van der Waals surface area contributed by atoms with Crippen LogP contribution >= 0.6 is 0 Å². The largest absolute Gasteiger partial charge is 0.342 e. The van der Waals surface area contributed by atoms with Crippen LogP contribution in [0.5, 0.6) is 0 Å². The molecule has 0 radical (unpaired) electrons. The van der Waals surface area contributed by atoms with Crippen LogP contribution in [0.15, 0.2) is 18.2 Å². The number of imidazole rings is 1. The Balaban J connectivity index is 3.05. The number of aryl methyl sites for hydroxylation is 1. The number of aromatic amines is 1. The fourth-order valence-electron chi connectivity index (χ4n) is 1.75. The van der Waals surface area contributed by atoms with Crippen LogP contribution in [0.25, 0.3) is 5.57 Å². The lowest BCUT2D eigenvalue weighted by atomic mass is 10.1. The van der Waals surface area contributed by atoms with Crippen molar-refractivity contribution < 1.29 is 13.6 Å². The summed E-state index contributed by atoms with van der Waals surface area (Å²) in [5.74, 6) is 0.221. The standard InChI is InChI=1S/C14H19F2N3O/c1-6-19(5)14(20)9(3)7-8(2)11-12(13(15)16)18-10(4)17-11/h7,13H,2,6H2,1,3-5H3,(H,17,18)/b9-7+. The Kier molecular flexibility index (Phi) is 5.19. The van der Waals surface area contributed by atoms with Crippen molar-refractivity contribution in [3.05, 3.63) is 35.4 Å². The number of nitrogens with one attached hydrogen (secondary N) is 1. The van der Waals surface area contributed by atoms with Crippen LogP contribution in [0.3, 0.4) is 0 Å². The zero-order valence-corrected chi connectivity index (χ0v) is 12.1. The van der Waals surface area contributed by atoms with Crippen molar-refractivity contribution in [1.29, 1.82) is 0 Å². The Bertz CT molecular complexity index is 547. The Morgan fingerprint density at radius 2 is 2.15 bits per heavy atom. The van der Waals surface area contributed by atoms with Gasteiger partial charge in [-0.05, 0) is 32.4 Å². The number of aromatic nitrogens is 2. The summed E-state index contributed by atoms with van der Waals surface area (Å²) in [6.07, 6.45) is -1.18. The number of amides is 1. The number of hydrogen-bond donors (Lipinski definition) is 1. The maximum Gasteiger partial charge on any atom is 0.280 e. The zero-order chi connectivity index (χ0) is 15.4. The average molecular weight is 283 g/mol. The summed E-state index contributed by atoms with van der Waals surface area (Å²) in [5.41, 5.74) is 0.553. The van der Waals surface area contributed by atoms with Gasteiger partial charge in [0.2, 0.25) is 5.91 Å². The quantitative estimate of drug-likeness (QED) is 0.667. The predicted molar refractivity (Wildman–Crippen MR) is 74.4 cm³/mol. The first-order valence-electron chi connectivity index (χ1n) is 6.25. The van der Waals surface area contributed by atoms with Crippen LogP contribution in [-0.4, -0.2) is 34.4 Å². The lowest BCUT2D eigenvalue weighted by Gasteiger charge is -2.14. The summed E-state index contributed by atoms with van der Waals surface area (Å²) >= 11 is 0. The molecule has 0 aromatic carbocycles. The van der Waals surface area contributed by atoms with Crippen LogP contribution in [-0.2, 0) is 4.79 Å². The minimum Gasteiger partial charge on any atom is -0.342 e. The molecule has 0 atom stereocenters. The third kappa shape index (κ3) is 3.53. The molecule has 0 saturated heterocycles. The molecule has 1 N–H and O–H groups in total. The van der Waals surface area contributed by atoms with E-state index in [-0.39, 0.29) is 17.3 Å². The van der Waals surface area contributed by atoms with Gasteiger partial charge in [0, 0.05) is 19.2 Å². The normalized spacial score (nSPS) is 11.8. The molecule has 1 rings (SSSR count). The molecule has 0 aliphatic heterocycles. The molecule has 1 amide bonds. The maximum atomic E-state index is 12.9. The number of carbonyl (C=O) groups is 1. The van der Waals surface area contributed by atoms with Crippen molar-refractivity contribution in [2.45, 2.75) is 27.2 Å². The van der Waals surface area contributed by atoms with Gasteiger partial charge in [-0.25, -0.2) is 13.8 Å². The minimum absolute atomic E-state index is 0.101. The summed E-state index contributed by atoms with van der Waals surface area (Å²) in [7, 11) is 1.67. The predicted octanol–water partition coefficient (Wildman–Crippen LogP) is 3.09. The Labute approximate surface area is 117 Å². The summed E-state index contributed by atoms with van der Waals surface area (Å²) in [6.45, 7) is 9.37. The van der Waals surface area contributed by atoms with Crippen molar-refractivity contribution >= 4 is 11.5 Å². The third-order valence-electron chi connectivity index (χ3n) is 2.92. The number of alkyl halides is 2. The molecule has 4 nitrogen and oxygen atoms in total. The number of likely N-dealkylation sites (N-methyl/N-ethyl adjacent to an activating group) is 1. The van der Waals surface area contributed by atoms with Gasteiger partial charge in [-0.1, -0.05) is 6.58 Å². The van der Waals surface area contributed by atoms with Gasteiger partial charge < -0.3 is 9.88 Å². The molecule has 1 heterocycles. The third-order valence-corrected chi connectivity index (χ3v) is 2.92. The second-order valence-corrected chi connectivity index (χ2v) is 4.56. The highest BCUT2D eigenvalue weighted by Crippen LogP contribution is 2.26. The van der Waals surface area contributed by atoms with E-state index >= 15 is 0 Å². The fourth-order valence-corrected chi connectivity index (χ4v) is 1.75. The Hall–Kier alpha value is -1.98. The minimum atomic E-state index is -2.66. The molecule has 0 aliphatic carbocycles. The molecule has 0 spiro atoms. The van der Waals surface area contributed by atoms with Crippen molar-refractivity contribution in [2.75, 3.05) is 13.6 Å². The van der Waals surface area contributed by atoms with E-state index in [4.69, 9.17) is 0 Å². The van der Waals surface area contributed by atoms with E-state index in [1.54, 1.807) is 20.9 Å². The molecule has 0 aliphatic rings. The molecular weight excluding hydrogens is 264 g/mol. The highest BCUT2D eigenvalue weighted by atomic mass is 19.3. The summed E-state index contributed by atoms with van der Waals surface area (Å²) < 4.78 is 25.7. The first kappa shape index (κ1) is 16.1. The van der Waals surface area contributed by atoms with E-state index in [1.807, 2.05) is 6.92 Å². The van der Waals surface area contributed by atoms with E-state index in [0.717, 1.165) is 0 Å². The van der Waals surface area contributed by atoms with Gasteiger partial charge in [0.25, 0.3) is 6.43 Å². The highest BCUT2D eigenvalue weighted by Gasteiger charge is 2.19. The van der Waals surface area contributed by atoms with Gasteiger partial charge in [0.15, 0.2) is 0 Å². The maximum absolute atomic E-state index is 12.9. The topological polar surface area (TPSA) is 49.0 Å². The lowest BCUT2D eigenvalue weighted by Crippen LogP contribution is -2.26. The summed E-state index contributed by atoms with van der Waals surface area (Å²) in [5, 5.41) is 0. The highest BCUT2D eigenvalue weighted by molar-refractivity contribution is 5.95. The summed E-state index contributed by atoms with van der Waals surface area (Å²) in [6, 6.07) is 0. The monoisotopic (exact) mass is 283 g/mol. The van der Waals surface area contributed by atoms with Crippen LogP contribution in [0, 0.1) is 6.92 Å². The molecule has 0 bridgehead atoms. The SMILES string of the molecule is C=C(/C=C(\C)C(=O)N(C)CC)c1nc(C)[nH]c1C(F)F. The molecule has 110 valence electrons. The first-order valence-corrected chi connectivity index (χ1v) is 6.25. The van der Waals surface area contributed by atoms with E-state index in [9.17, 15) is 13.6 Å². The fraction of sp³-hybridized carbons (Fsp3) is 0.429. The van der Waals surface area contributed by atoms with Crippen LogP contribution < -0.4 is 0 Å². The summed E-state index contributed by atoms with van der Waals surface area (Å²) in [4.78, 5) is 20.0. The van der Waals surface area contributed by atoms with Crippen molar-refractivity contribution in [1.82, 2.24) is 14.9 Å². The van der Waals surface area contributed by atoms with E-state index in [1.165, 1.54) is 11.0 Å². The number of allylic oxidation sites excluding steroid dienone is 2. The smallest absolute Gasteiger partial charge is 0.280 e. The van der Waals surface area contributed by atoms with E-state index < -0.39 is 6.43 Å². The number of H-pyrrole nitrogens is 1. The van der Waals surface area contributed by atoms with Crippen molar-refractivity contribution in [3.63, 3.8) is 0 Å². The Morgan fingerprint density at radius 3 is 2.65 bits per heavy atom. The number of rotatable bonds is 5. The van der Waals surface area contributed by atoms with Crippen LogP contribution in [0.4, 0.5) is 8.78 Å². The molecule has 0 fully saturated rings. The van der Waals surface area contributed by atoms with Crippen molar-refractivity contribution in [2.24, 2.45) is 0 Å². The second-order valence-electron chi connectivity index (χ2n) is 4.56. The van der Waals surface area contributed by atoms with Gasteiger partial charge in [0.1, 0.15) is 11.5 Å². The number of carbonyl (C=O) groups excluding carboxylic acids is 1. The number of halogens is 2. The zero-order valence-electron chi connectivity index (χ0n) is 12.1. The Morgan fingerprint density at radius 1 is 1.55 bits per heavy atom. The second kappa shape index (κ2) is 6.45. The van der Waals surface area contributed by atoms with Crippen molar-refractivity contribution in [3.8, 4) is 0 Å². The molecule has 1 aromatic rings. The molecule has 0 unspecified atom stereocenters. The average Bonchev–Trinajstić information content (AvgIpc) is 2.79. The van der Waals surface area contributed by atoms with Gasteiger partial charge in [-0.3, -0.25) is 4.79 Å². The van der Waals surface area contributed by atoms with E-state index in [0.29, 0.717) is 23.5 Å². The first-order chi connectivity index (χ1) is 9.27. The van der Waals surface area contributed by atoms with Crippen LogP contribution in [0.2, 0.25) is 0 Å². The molecule has 1 aromatic heterocycles. The number of nitrogens with zero attached hydrogens (tertiary/aromatic N) is 2. The van der Waals surface area contributed by atoms with Crippen LogP contribution in [0.1, 0.15) is 37.5 Å². The number of hydrogen-bond acceptors (Lipinski definition) is 2. The van der Waals surface area contributed by atoms with Gasteiger partial charge >= 0.3 is 0 Å².